The van der Waals surface area contributed by atoms with Crippen LogP contribution >= 0.6 is 0 Å². The molecule has 1 aromatic carbocycles. The second kappa shape index (κ2) is 4.37. The predicted molar refractivity (Wildman–Crippen MR) is 63.8 cm³/mol. The summed E-state index contributed by atoms with van der Waals surface area (Å²) in [6.07, 6.45) is 0.260. The van der Waals surface area contributed by atoms with E-state index in [9.17, 15) is 5.11 Å². The van der Waals surface area contributed by atoms with Crippen LogP contribution in [0.15, 0.2) is 30.3 Å². The maximum atomic E-state index is 9.43. The summed E-state index contributed by atoms with van der Waals surface area (Å²) in [5.74, 6) is 0.474. The first-order valence-corrected chi connectivity index (χ1v) is 5.24. The van der Waals surface area contributed by atoms with Crippen molar-refractivity contribution < 1.29 is 5.11 Å². The number of nitrogen functional groups attached to an aromatic ring is 1. The first-order chi connectivity index (χ1) is 7.66. The van der Waals surface area contributed by atoms with Crippen molar-refractivity contribution in [3.05, 3.63) is 35.9 Å². The van der Waals surface area contributed by atoms with E-state index in [1.54, 1.807) is 13.0 Å². The molecule has 0 aliphatic heterocycles. The number of benzene rings is 1. The van der Waals surface area contributed by atoms with Crippen molar-refractivity contribution in [2.24, 2.45) is 0 Å². The normalized spacial score (nSPS) is 12.6. The predicted octanol–water partition coefficient (Wildman–Crippen LogP) is 1.58. The summed E-state index contributed by atoms with van der Waals surface area (Å²) in [6.45, 7) is 1.78. The summed E-state index contributed by atoms with van der Waals surface area (Å²) in [5.41, 5.74) is 8.58. The Kier molecular flexibility index (Phi) is 2.92. The second-order valence-electron chi connectivity index (χ2n) is 3.92. The van der Waals surface area contributed by atoms with Crippen LogP contribution in [0.3, 0.4) is 0 Å². The van der Waals surface area contributed by atoms with Crippen LogP contribution in [-0.4, -0.2) is 21.4 Å². The lowest BCUT2D eigenvalue weighted by Gasteiger charge is -2.09. The average Bonchev–Trinajstić information content (AvgIpc) is 2.65. The van der Waals surface area contributed by atoms with Crippen molar-refractivity contribution in [2.45, 2.75) is 19.4 Å². The molecule has 0 saturated carbocycles. The number of aliphatic hydroxyl groups excluding tert-OH is 1. The number of anilines is 1. The Morgan fingerprint density at radius 3 is 2.81 bits per heavy atom. The molecular formula is C12H15N3O. The van der Waals surface area contributed by atoms with Gasteiger partial charge in [0.05, 0.1) is 11.8 Å². The summed E-state index contributed by atoms with van der Waals surface area (Å²) in [6, 6.07) is 9.70. The van der Waals surface area contributed by atoms with Gasteiger partial charge < -0.3 is 10.8 Å². The smallest absolute Gasteiger partial charge is 0.145 e. The van der Waals surface area contributed by atoms with Crippen LogP contribution in [0.1, 0.15) is 12.5 Å². The van der Waals surface area contributed by atoms with Gasteiger partial charge in [-0.15, -0.1) is 0 Å². The second-order valence-corrected chi connectivity index (χ2v) is 3.92. The number of nitrogens with zero attached hydrogens (tertiary/aromatic N) is 1. The fourth-order valence-electron chi connectivity index (χ4n) is 1.75. The van der Waals surface area contributed by atoms with E-state index in [0.717, 1.165) is 16.8 Å². The van der Waals surface area contributed by atoms with Crippen LogP contribution in [0.5, 0.6) is 0 Å². The number of hydrogen-bond acceptors (Lipinski definition) is 3. The van der Waals surface area contributed by atoms with Gasteiger partial charge in [0.15, 0.2) is 0 Å². The Bertz CT molecular complexity index is 477. The van der Waals surface area contributed by atoms with Gasteiger partial charge in [0.2, 0.25) is 0 Å². The molecule has 0 radical (unpaired) electrons. The fourth-order valence-corrected chi connectivity index (χ4v) is 1.75. The SMILES string of the molecule is CC(O)Cc1ccccc1-c1cc(N)n[nH]1. The lowest BCUT2D eigenvalue weighted by atomic mass is 10.00. The zero-order valence-corrected chi connectivity index (χ0v) is 9.14. The molecule has 16 heavy (non-hydrogen) atoms. The maximum Gasteiger partial charge on any atom is 0.145 e. The van der Waals surface area contributed by atoms with Gasteiger partial charge in [-0.25, -0.2) is 0 Å². The van der Waals surface area contributed by atoms with Gasteiger partial charge >= 0.3 is 0 Å². The molecule has 0 fully saturated rings. The zero-order valence-electron chi connectivity index (χ0n) is 9.14. The first kappa shape index (κ1) is 10.7. The van der Waals surface area contributed by atoms with E-state index in [-0.39, 0.29) is 6.10 Å². The Balaban J connectivity index is 2.40. The Morgan fingerprint density at radius 1 is 1.44 bits per heavy atom. The Hall–Kier alpha value is -1.81. The van der Waals surface area contributed by atoms with Gasteiger partial charge in [0, 0.05) is 11.6 Å². The highest BCUT2D eigenvalue weighted by Crippen LogP contribution is 2.23. The summed E-state index contributed by atoms with van der Waals surface area (Å²) in [7, 11) is 0. The van der Waals surface area contributed by atoms with E-state index in [1.807, 2.05) is 24.3 Å². The van der Waals surface area contributed by atoms with Crippen molar-refractivity contribution in [3.63, 3.8) is 0 Å². The van der Waals surface area contributed by atoms with Gasteiger partial charge in [0.1, 0.15) is 5.82 Å². The summed E-state index contributed by atoms with van der Waals surface area (Å²) >= 11 is 0. The minimum absolute atomic E-state index is 0.360. The van der Waals surface area contributed by atoms with Crippen molar-refractivity contribution >= 4 is 5.82 Å². The maximum absolute atomic E-state index is 9.43. The van der Waals surface area contributed by atoms with Gasteiger partial charge in [-0.3, -0.25) is 5.10 Å². The average molecular weight is 217 g/mol. The highest BCUT2D eigenvalue weighted by molar-refractivity contribution is 5.65. The van der Waals surface area contributed by atoms with Gasteiger partial charge in [0.25, 0.3) is 0 Å². The lowest BCUT2D eigenvalue weighted by Crippen LogP contribution is -2.05. The molecule has 0 amide bonds. The van der Waals surface area contributed by atoms with Crippen LogP contribution in [0, 0.1) is 0 Å². The van der Waals surface area contributed by atoms with E-state index in [1.165, 1.54) is 0 Å². The molecule has 84 valence electrons. The van der Waals surface area contributed by atoms with E-state index in [0.29, 0.717) is 12.2 Å². The third-order valence-electron chi connectivity index (χ3n) is 2.42. The Morgan fingerprint density at radius 2 is 2.19 bits per heavy atom. The largest absolute Gasteiger partial charge is 0.393 e. The molecule has 1 unspecified atom stereocenters. The molecule has 1 heterocycles. The van der Waals surface area contributed by atoms with Gasteiger partial charge in [-0.05, 0) is 18.9 Å². The number of rotatable bonds is 3. The third kappa shape index (κ3) is 2.23. The van der Waals surface area contributed by atoms with Gasteiger partial charge in [-0.1, -0.05) is 24.3 Å². The highest BCUT2D eigenvalue weighted by Gasteiger charge is 2.08. The van der Waals surface area contributed by atoms with Crippen molar-refractivity contribution in [1.82, 2.24) is 10.2 Å². The van der Waals surface area contributed by atoms with E-state index in [4.69, 9.17) is 5.73 Å². The van der Waals surface area contributed by atoms with Crippen molar-refractivity contribution in [3.8, 4) is 11.3 Å². The number of aliphatic hydroxyl groups is 1. The molecule has 0 saturated heterocycles. The topological polar surface area (TPSA) is 74.9 Å². The molecule has 4 N–H and O–H groups in total. The molecule has 0 spiro atoms. The number of nitrogens with one attached hydrogen (secondary N) is 1. The van der Waals surface area contributed by atoms with E-state index < -0.39 is 0 Å². The molecule has 0 aliphatic carbocycles. The lowest BCUT2D eigenvalue weighted by molar-refractivity contribution is 0.195. The van der Waals surface area contributed by atoms with E-state index in [2.05, 4.69) is 10.2 Å². The monoisotopic (exact) mass is 217 g/mol. The zero-order chi connectivity index (χ0) is 11.5. The summed E-state index contributed by atoms with van der Waals surface area (Å²) in [5, 5.41) is 16.2. The first-order valence-electron chi connectivity index (χ1n) is 5.24. The molecule has 1 atom stereocenters. The highest BCUT2D eigenvalue weighted by atomic mass is 16.3. The number of nitrogens with two attached hydrogens (primary N) is 1. The number of hydrogen-bond donors (Lipinski definition) is 3. The Labute approximate surface area is 94.1 Å². The van der Waals surface area contributed by atoms with Crippen LogP contribution < -0.4 is 5.73 Å². The number of H-pyrrole nitrogens is 1. The van der Waals surface area contributed by atoms with Crippen LogP contribution in [0.4, 0.5) is 5.82 Å². The molecule has 4 nitrogen and oxygen atoms in total. The molecule has 2 aromatic rings. The van der Waals surface area contributed by atoms with Crippen molar-refractivity contribution in [1.29, 1.82) is 0 Å². The van der Waals surface area contributed by atoms with E-state index >= 15 is 0 Å². The fraction of sp³-hybridized carbons (Fsp3) is 0.250. The summed E-state index contributed by atoms with van der Waals surface area (Å²) in [4.78, 5) is 0. The van der Waals surface area contributed by atoms with Crippen LogP contribution in [-0.2, 0) is 6.42 Å². The minimum atomic E-state index is -0.360. The van der Waals surface area contributed by atoms with Crippen molar-refractivity contribution in [2.75, 3.05) is 5.73 Å². The molecule has 0 bridgehead atoms. The molecular weight excluding hydrogens is 202 g/mol. The van der Waals surface area contributed by atoms with Gasteiger partial charge in [-0.2, -0.15) is 5.10 Å². The van der Waals surface area contributed by atoms with Crippen LogP contribution in [0.25, 0.3) is 11.3 Å². The number of aromatic nitrogens is 2. The quantitative estimate of drug-likeness (QED) is 0.730. The molecule has 4 heteroatoms. The molecule has 0 aliphatic rings. The minimum Gasteiger partial charge on any atom is -0.393 e. The van der Waals surface area contributed by atoms with Crippen LogP contribution in [0.2, 0.25) is 0 Å². The summed E-state index contributed by atoms with van der Waals surface area (Å²) < 4.78 is 0. The molecule has 2 rings (SSSR count). The number of aromatic amines is 1. The third-order valence-corrected chi connectivity index (χ3v) is 2.42. The standard InChI is InChI=1S/C12H15N3O/c1-8(16)6-9-4-2-3-5-10(9)11-7-12(13)15-14-11/h2-5,7-8,16H,6H2,1H3,(H3,13,14,15). The molecule has 1 aromatic heterocycles.